The molecule has 2 unspecified atom stereocenters. The van der Waals surface area contributed by atoms with Crippen LogP contribution in [0, 0.1) is 5.92 Å². The van der Waals surface area contributed by atoms with Gasteiger partial charge in [0.15, 0.2) is 0 Å². The molecule has 1 saturated carbocycles. The van der Waals surface area contributed by atoms with Crippen LogP contribution in [0.3, 0.4) is 0 Å². The molecule has 0 bridgehead atoms. The molecule has 0 radical (unpaired) electrons. The number of aliphatic hydroxyl groups is 1. The first kappa shape index (κ1) is 11.5. The molecule has 0 aromatic heterocycles. The lowest BCUT2D eigenvalue weighted by molar-refractivity contribution is 0.282. The van der Waals surface area contributed by atoms with Crippen LogP contribution >= 0.6 is 0 Å². The molecule has 0 heterocycles. The quantitative estimate of drug-likeness (QED) is 0.818. The molecule has 0 spiro atoms. The Balaban J connectivity index is 1.92. The zero-order valence-corrected chi connectivity index (χ0v) is 9.95. The smallest absolute Gasteiger partial charge is 0.0681 e. The van der Waals surface area contributed by atoms with E-state index in [4.69, 9.17) is 5.11 Å². The summed E-state index contributed by atoms with van der Waals surface area (Å²) in [5.41, 5.74) is 2.15. The van der Waals surface area contributed by atoms with Gasteiger partial charge in [-0.05, 0) is 36.5 Å². The van der Waals surface area contributed by atoms with E-state index in [9.17, 15) is 0 Å². The number of hydrogen-bond acceptors (Lipinski definition) is 2. The molecule has 2 nitrogen and oxygen atoms in total. The van der Waals surface area contributed by atoms with Gasteiger partial charge in [0.05, 0.1) is 6.61 Å². The average molecular weight is 219 g/mol. The summed E-state index contributed by atoms with van der Waals surface area (Å²) >= 11 is 0. The molecule has 0 amide bonds. The van der Waals surface area contributed by atoms with Crippen molar-refractivity contribution in [3.8, 4) is 0 Å². The molecule has 1 fully saturated rings. The van der Waals surface area contributed by atoms with E-state index in [0.717, 1.165) is 11.5 Å². The standard InChI is InChI=1S/C14H21NO/c1-11-3-2-4-14(9-11)15-13-7-5-12(10-16)6-8-13/h5-8,11,14-16H,2-4,9-10H2,1H3. The summed E-state index contributed by atoms with van der Waals surface area (Å²) in [6.45, 7) is 2.46. The highest BCUT2D eigenvalue weighted by molar-refractivity contribution is 5.45. The fraction of sp³-hybridized carbons (Fsp3) is 0.571. The Kier molecular flexibility index (Phi) is 3.83. The van der Waals surface area contributed by atoms with E-state index < -0.39 is 0 Å². The van der Waals surface area contributed by atoms with E-state index in [2.05, 4.69) is 24.4 Å². The van der Waals surface area contributed by atoms with E-state index in [-0.39, 0.29) is 6.61 Å². The van der Waals surface area contributed by atoms with Gasteiger partial charge in [-0.15, -0.1) is 0 Å². The van der Waals surface area contributed by atoms with E-state index in [1.54, 1.807) is 0 Å². The number of aliphatic hydroxyl groups excluding tert-OH is 1. The van der Waals surface area contributed by atoms with E-state index >= 15 is 0 Å². The van der Waals surface area contributed by atoms with Gasteiger partial charge in [0, 0.05) is 11.7 Å². The van der Waals surface area contributed by atoms with Gasteiger partial charge in [-0.3, -0.25) is 0 Å². The van der Waals surface area contributed by atoms with Crippen LogP contribution in [0.15, 0.2) is 24.3 Å². The van der Waals surface area contributed by atoms with Gasteiger partial charge < -0.3 is 10.4 Å². The van der Waals surface area contributed by atoms with Gasteiger partial charge in [-0.2, -0.15) is 0 Å². The number of anilines is 1. The molecular formula is C14H21NO. The first-order valence-electron chi connectivity index (χ1n) is 6.24. The zero-order chi connectivity index (χ0) is 11.4. The summed E-state index contributed by atoms with van der Waals surface area (Å²) in [6.07, 6.45) is 5.28. The van der Waals surface area contributed by atoms with Crippen LogP contribution in [0.5, 0.6) is 0 Å². The van der Waals surface area contributed by atoms with Crippen molar-refractivity contribution in [3.63, 3.8) is 0 Å². The van der Waals surface area contributed by atoms with Crippen molar-refractivity contribution >= 4 is 5.69 Å². The fourth-order valence-electron chi connectivity index (χ4n) is 2.51. The number of hydrogen-bond donors (Lipinski definition) is 2. The molecule has 2 rings (SSSR count). The summed E-state index contributed by atoms with van der Waals surface area (Å²) in [5, 5.41) is 12.5. The molecule has 16 heavy (non-hydrogen) atoms. The van der Waals surface area contributed by atoms with Gasteiger partial charge in [-0.1, -0.05) is 31.9 Å². The summed E-state index contributed by atoms with van der Waals surface area (Å²) in [4.78, 5) is 0. The van der Waals surface area contributed by atoms with Crippen molar-refractivity contribution in [1.29, 1.82) is 0 Å². The minimum absolute atomic E-state index is 0.126. The first-order chi connectivity index (χ1) is 7.78. The Hall–Kier alpha value is -1.02. The Morgan fingerprint density at radius 2 is 2.00 bits per heavy atom. The average Bonchev–Trinajstić information content (AvgIpc) is 2.30. The van der Waals surface area contributed by atoms with E-state index in [1.165, 1.54) is 31.4 Å². The van der Waals surface area contributed by atoms with Crippen LogP contribution < -0.4 is 5.32 Å². The Labute approximate surface area is 97.7 Å². The third kappa shape index (κ3) is 2.99. The molecular weight excluding hydrogens is 198 g/mol. The SMILES string of the molecule is CC1CCCC(Nc2ccc(CO)cc2)C1. The highest BCUT2D eigenvalue weighted by atomic mass is 16.3. The Bertz CT molecular complexity index is 320. The predicted molar refractivity (Wildman–Crippen MR) is 67.4 cm³/mol. The molecule has 1 aromatic rings. The van der Waals surface area contributed by atoms with Crippen molar-refractivity contribution in [1.82, 2.24) is 0 Å². The van der Waals surface area contributed by atoms with Gasteiger partial charge in [-0.25, -0.2) is 0 Å². The Morgan fingerprint density at radius 1 is 1.25 bits per heavy atom. The molecule has 1 aliphatic carbocycles. The van der Waals surface area contributed by atoms with E-state index in [1.807, 2.05) is 12.1 Å². The molecule has 1 aliphatic rings. The van der Waals surface area contributed by atoms with Gasteiger partial charge in [0.25, 0.3) is 0 Å². The van der Waals surface area contributed by atoms with Crippen LogP contribution in [0.2, 0.25) is 0 Å². The second-order valence-electron chi connectivity index (χ2n) is 4.97. The zero-order valence-electron chi connectivity index (χ0n) is 9.95. The van der Waals surface area contributed by atoms with Crippen molar-refractivity contribution in [2.75, 3.05) is 5.32 Å². The lowest BCUT2D eigenvalue weighted by atomic mass is 9.87. The molecule has 88 valence electrons. The lowest BCUT2D eigenvalue weighted by Gasteiger charge is -2.28. The molecule has 0 saturated heterocycles. The second-order valence-corrected chi connectivity index (χ2v) is 4.97. The summed E-state index contributed by atoms with van der Waals surface area (Å²) in [5.74, 6) is 0.850. The highest BCUT2D eigenvalue weighted by Gasteiger charge is 2.18. The van der Waals surface area contributed by atoms with Crippen LogP contribution in [0.25, 0.3) is 0 Å². The van der Waals surface area contributed by atoms with Crippen molar-refractivity contribution < 1.29 is 5.11 Å². The maximum absolute atomic E-state index is 8.96. The van der Waals surface area contributed by atoms with Crippen molar-refractivity contribution in [2.45, 2.75) is 45.3 Å². The number of rotatable bonds is 3. The number of nitrogens with one attached hydrogen (secondary N) is 1. The molecule has 2 heteroatoms. The summed E-state index contributed by atoms with van der Waals surface area (Å²) < 4.78 is 0. The third-order valence-corrected chi connectivity index (χ3v) is 3.44. The van der Waals surface area contributed by atoms with Crippen molar-refractivity contribution in [3.05, 3.63) is 29.8 Å². The maximum Gasteiger partial charge on any atom is 0.0681 e. The Morgan fingerprint density at radius 3 is 2.62 bits per heavy atom. The minimum Gasteiger partial charge on any atom is -0.392 e. The summed E-state index contributed by atoms with van der Waals surface area (Å²) in [7, 11) is 0. The molecule has 2 atom stereocenters. The third-order valence-electron chi connectivity index (χ3n) is 3.44. The second kappa shape index (κ2) is 5.35. The van der Waals surface area contributed by atoms with Gasteiger partial charge in [0.1, 0.15) is 0 Å². The highest BCUT2D eigenvalue weighted by Crippen LogP contribution is 2.26. The van der Waals surface area contributed by atoms with E-state index in [0.29, 0.717) is 6.04 Å². The lowest BCUT2D eigenvalue weighted by Crippen LogP contribution is -2.26. The van der Waals surface area contributed by atoms with Gasteiger partial charge >= 0.3 is 0 Å². The monoisotopic (exact) mass is 219 g/mol. The minimum atomic E-state index is 0.126. The van der Waals surface area contributed by atoms with Gasteiger partial charge in [0.2, 0.25) is 0 Å². The fourth-order valence-corrected chi connectivity index (χ4v) is 2.51. The van der Waals surface area contributed by atoms with Crippen LogP contribution in [-0.2, 0) is 6.61 Å². The summed E-state index contributed by atoms with van der Waals surface area (Å²) in [6, 6.07) is 8.71. The molecule has 1 aromatic carbocycles. The van der Waals surface area contributed by atoms with Crippen LogP contribution in [0.1, 0.15) is 38.2 Å². The topological polar surface area (TPSA) is 32.3 Å². The molecule has 2 N–H and O–H groups in total. The van der Waals surface area contributed by atoms with Crippen molar-refractivity contribution in [2.24, 2.45) is 5.92 Å². The predicted octanol–water partition coefficient (Wildman–Crippen LogP) is 3.17. The largest absolute Gasteiger partial charge is 0.392 e. The number of benzene rings is 1. The maximum atomic E-state index is 8.96. The molecule has 0 aliphatic heterocycles. The van der Waals surface area contributed by atoms with Crippen LogP contribution in [0.4, 0.5) is 5.69 Å². The first-order valence-corrected chi connectivity index (χ1v) is 6.24. The normalized spacial score (nSPS) is 25.4. The van der Waals surface area contributed by atoms with Crippen LogP contribution in [-0.4, -0.2) is 11.1 Å².